The Hall–Kier alpha value is -3.21. The van der Waals surface area contributed by atoms with Gasteiger partial charge in [-0.2, -0.15) is 10.2 Å². The Bertz CT molecular complexity index is 1040. The molecule has 5 heteroatoms. The van der Waals surface area contributed by atoms with Crippen molar-refractivity contribution in [2.24, 2.45) is 0 Å². The number of aryl methyl sites for hydroxylation is 2. The summed E-state index contributed by atoms with van der Waals surface area (Å²) >= 11 is 0. The van der Waals surface area contributed by atoms with Gasteiger partial charge in [-0.1, -0.05) is 60.7 Å². The first kappa shape index (κ1) is 15.3. The van der Waals surface area contributed by atoms with Crippen LogP contribution < -0.4 is 5.56 Å². The highest BCUT2D eigenvalue weighted by molar-refractivity contribution is 5.75. The van der Waals surface area contributed by atoms with Crippen LogP contribution in [0.1, 0.15) is 16.8 Å². The molecule has 0 amide bonds. The van der Waals surface area contributed by atoms with E-state index in [1.165, 1.54) is 10.2 Å². The van der Waals surface area contributed by atoms with Crippen LogP contribution in [0.3, 0.4) is 0 Å². The van der Waals surface area contributed by atoms with E-state index in [9.17, 15) is 4.79 Å². The maximum Gasteiger partial charge on any atom is 0.269 e. The molecule has 1 N–H and O–H groups in total. The van der Waals surface area contributed by atoms with Gasteiger partial charge >= 0.3 is 0 Å². The summed E-state index contributed by atoms with van der Waals surface area (Å²) in [7, 11) is 0. The summed E-state index contributed by atoms with van der Waals surface area (Å²) in [5.74, 6) is 0. The van der Waals surface area contributed by atoms with Gasteiger partial charge in [0.2, 0.25) is 0 Å². The van der Waals surface area contributed by atoms with Crippen molar-refractivity contribution in [1.82, 2.24) is 20.0 Å². The fourth-order valence-corrected chi connectivity index (χ4v) is 2.92. The van der Waals surface area contributed by atoms with Crippen LogP contribution in [-0.2, 0) is 19.4 Å². The lowest BCUT2D eigenvalue weighted by Gasteiger charge is -2.05. The summed E-state index contributed by atoms with van der Waals surface area (Å²) in [6, 6.07) is 21.7. The molecule has 0 spiro atoms. The standard InChI is InChI=1S/C20H18N4O/c25-19-13-18-20(23-24(19)14-16-9-5-2-6-10-16)17(21-22-18)12-11-15-7-3-1-4-8-15/h1-10,13,22H,11-12,14H2. The number of hydrogen-bond acceptors (Lipinski definition) is 3. The van der Waals surface area contributed by atoms with E-state index in [1.807, 2.05) is 48.5 Å². The van der Waals surface area contributed by atoms with Gasteiger partial charge in [-0.25, -0.2) is 4.68 Å². The summed E-state index contributed by atoms with van der Waals surface area (Å²) in [5, 5.41) is 11.8. The summed E-state index contributed by atoms with van der Waals surface area (Å²) in [5.41, 5.74) is 4.53. The van der Waals surface area contributed by atoms with Crippen molar-refractivity contribution in [2.75, 3.05) is 0 Å². The Kier molecular flexibility index (Phi) is 4.12. The highest BCUT2D eigenvalue weighted by Gasteiger charge is 2.11. The molecular formula is C20H18N4O. The average Bonchev–Trinajstić information content (AvgIpc) is 3.04. The van der Waals surface area contributed by atoms with Crippen LogP contribution in [0, 0.1) is 0 Å². The topological polar surface area (TPSA) is 63.6 Å². The molecule has 2 aromatic heterocycles. The Morgan fingerprint density at radius 2 is 1.56 bits per heavy atom. The van der Waals surface area contributed by atoms with Gasteiger partial charge in [0, 0.05) is 6.07 Å². The van der Waals surface area contributed by atoms with Crippen LogP contribution in [0.4, 0.5) is 0 Å². The fourth-order valence-electron chi connectivity index (χ4n) is 2.92. The molecule has 0 radical (unpaired) electrons. The maximum absolute atomic E-state index is 12.3. The van der Waals surface area contributed by atoms with Crippen LogP contribution in [0.5, 0.6) is 0 Å². The monoisotopic (exact) mass is 330 g/mol. The number of nitrogens with zero attached hydrogens (tertiary/aromatic N) is 3. The number of hydrogen-bond donors (Lipinski definition) is 1. The SMILES string of the molecule is O=c1cc2[nH]nc(CCc3ccccc3)c2nn1Cc1ccccc1. The van der Waals surface area contributed by atoms with Crippen LogP contribution >= 0.6 is 0 Å². The molecule has 0 bridgehead atoms. The lowest BCUT2D eigenvalue weighted by molar-refractivity contribution is 0.652. The van der Waals surface area contributed by atoms with E-state index in [0.29, 0.717) is 12.1 Å². The van der Waals surface area contributed by atoms with Gasteiger partial charge in [-0.05, 0) is 24.0 Å². The second-order valence-corrected chi connectivity index (χ2v) is 6.04. The number of fused-ring (bicyclic) bond motifs is 1. The van der Waals surface area contributed by atoms with E-state index in [4.69, 9.17) is 0 Å². The first-order chi connectivity index (χ1) is 12.3. The van der Waals surface area contributed by atoms with E-state index >= 15 is 0 Å². The number of nitrogens with one attached hydrogen (secondary N) is 1. The predicted octanol–water partition coefficient (Wildman–Crippen LogP) is 2.95. The van der Waals surface area contributed by atoms with Gasteiger partial charge in [-0.3, -0.25) is 9.89 Å². The molecule has 0 aliphatic rings. The van der Waals surface area contributed by atoms with Crippen molar-refractivity contribution >= 4 is 11.0 Å². The third-order valence-electron chi connectivity index (χ3n) is 4.25. The van der Waals surface area contributed by atoms with Gasteiger partial charge in [0.1, 0.15) is 5.52 Å². The van der Waals surface area contributed by atoms with Crippen molar-refractivity contribution in [3.05, 3.63) is 93.9 Å². The molecule has 0 fully saturated rings. The highest BCUT2D eigenvalue weighted by atomic mass is 16.1. The summed E-state index contributed by atoms with van der Waals surface area (Å²) in [6.07, 6.45) is 1.67. The number of benzene rings is 2. The Morgan fingerprint density at radius 3 is 2.28 bits per heavy atom. The minimum absolute atomic E-state index is 0.130. The molecular weight excluding hydrogens is 312 g/mol. The number of H-pyrrole nitrogens is 1. The molecule has 0 aliphatic heterocycles. The zero-order valence-corrected chi connectivity index (χ0v) is 13.7. The fraction of sp³-hybridized carbons (Fsp3) is 0.150. The largest absolute Gasteiger partial charge is 0.276 e. The lowest BCUT2D eigenvalue weighted by atomic mass is 10.1. The molecule has 0 atom stereocenters. The second kappa shape index (κ2) is 6.73. The first-order valence-electron chi connectivity index (χ1n) is 8.32. The molecule has 0 saturated carbocycles. The third kappa shape index (κ3) is 3.35. The summed E-state index contributed by atoms with van der Waals surface area (Å²) in [4.78, 5) is 12.3. The van der Waals surface area contributed by atoms with Gasteiger partial charge in [0.05, 0.1) is 17.8 Å². The van der Waals surface area contributed by atoms with E-state index < -0.39 is 0 Å². The molecule has 4 rings (SSSR count). The Labute approximate surface area is 144 Å². The molecule has 2 heterocycles. The van der Waals surface area contributed by atoms with E-state index in [1.54, 1.807) is 6.07 Å². The minimum Gasteiger partial charge on any atom is -0.276 e. The molecule has 2 aromatic carbocycles. The number of aromatic amines is 1. The van der Waals surface area contributed by atoms with Crippen LogP contribution in [-0.4, -0.2) is 20.0 Å². The van der Waals surface area contributed by atoms with Gasteiger partial charge in [0.25, 0.3) is 5.56 Å². The van der Waals surface area contributed by atoms with Gasteiger partial charge in [-0.15, -0.1) is 0 Å². The minimum atomic E-state index is -0.130. The molecule has 5 nitrogen and oxygen atoms in total. The van der Waals surface area contributed by atoms with Crippen LogP contribution in [0.2, 0.25) is 0 Å². The van der Waals surface area contributed by atoms with Crippen LogP contribution in [0.25, 0.3) is 11.0 Å². The molecule has 0 aliphatic carbocycles. The molecule has 0 saturated heterocycles. The lowest BCUT2D eigenvalue weighted by Crippen LogP contribution is -2.22. The first-order valence-corrected chi connectivity index (χ1v) is 8.32. The Balaban J connectivity index is 1.63. The van der Waals surface area contributed by atoms with E-state index in [0.717, 1.165) is 29.6 Å². The highest BCUT2D eigenvalue weighted by Crippen LogP contribution is 2.14. The van der Waals surface area contributed by atoms with Crippen molar-refractivity contribution in [3.63, 3.8) is 0 Å². The number of aromatic nitrogens is 4. The second-order valence-electron chi connectivity index (χ2n) is 6.04. The smallest absolute Gasteiger partial charge is 0.269 e. The average molecular weight is 330 g/mol. The molecule has 124 valence electrons. The molecule has 4 aromatic rings. The zero-order valence-electron chi connectivity index (χ0n) is 13.7. The third-order valence-corrected chi connectivity index (χ3v) is 4.25. The quantitative estimate of drug-likeness (QED) is 0.612. The maximum atomic E-state index is 12.3. The molecule has 0 unspecified atom stereocenters. The molecule has 25 heavy (non-hydrogen) atoms. The van der Waals surface area contributed by atoms with E-state index in [-0.39, 0.29) is 5.56 Å². The number of rotatable bonds is 5. The van der Waals surface area contributed by atoms with Crippen molar-refractivity contribution in [3.8, 4) is 0 Å². The summed E-state index contributed by atoms with van der Waals surface area (Å²) in [6.45, 7) is 0.457. The van der Waals surface area contributed by atoms with Crippen molar-refractivity contribution < 1.29 is 0 Å². The summed E-state index contributed by atoms with van der Waals surface area (Å²) < 4.78 is 1.50. The van der Waals surface area contributed by atoms with Crippen LogP contribution in [0.15, 0.2) is 71.5 Å². The van der Waals surface area contributed by atoms with E-state index in [2.05, 4.69) is 27.4 Å². The van der Waals surface area contributed by atoms with Gasteiger partial charge < -0.3 is 0 Å². The Morgan fingerprint density at radius 1 is 0.880 bits per heavy atom. The predicted molar refractivity (Wildman–Crippen MR) is 97.5 cm³/mol. The normalized spacial score (nSPS) is 11.0. The zero-order chi connectivity index (χ0) is 17.1. The van der Waals surface area contributed by atoms with Gasteiger partial charge in [0.15, 0.2) is 0 Å². The van der Waals surface area contributed by atoms with Crippen molar-refractivity contribution in [1.29, 1.82) is 0 Å². The van der Waals surface area contributed by atoms with Crippen molar-refractivity contribution in [2.45, 2.75) is 19.4 Å².